The van der Waals surface area contributed by atoms with E-state index in [1.165, 1.54) is 14.2 Å². The van der Waals surface area contributed by atoms with Crippen LogP contribution in [-0.2, 0) is 19.1 Å². The van der Waals surface area contributed by atoms with E-state index in [1.54, 1.807) is 6.08 Å². The molecule has 0 saturated heterocycles. The Balaban J connectivity index is 2.91. The maximum absolute atomic E-state index is 12.7. The summed E-state index contributed by atoms with van der Waals surface area (Å²) < 4.78 is 9.91. The number of allylic oxidation sites excluding steroid dienone is 10. The molecule has 2 rings (SSSR count). The summed E-state index contributed by atoms with van der Waals surface area (Å²) in [5, 5.41) is 0.532. The fraction of sp³-hybridized carbons (Fsp3) is 0.333. The fourth-order valence-corrected chi connectivity index (χ4v) is 3.39. The first-order valence-electron chi connectivity index (χ1n) is 8.35. The summed E-state index contributed by atoms with van der Waals surface area (Å²) in [6.07, 6.45) is 9.58. The normalized spacial score (nSPS) is 17.1. The van der Waals surface area contributed by atoms with Crippen molar-refractivity contribution in [3.05, 3.63) is 69.4 Å². The average molecular weight is 419 g/mol. The van der Waals surface area contributed by atoms with Gasteiger partial charge in [0.2, 0.25) is 0 Å². The SMILES string of the molecule is COC(=O)C1=CC=C(C)C2=CC(C(C)C)=CC=C(CBr)C2=C1C(=O)OC. The molecule has 138 valence electrons. The molecule has 0 aromatic carbocycles. The van der Waals surface area contributed by atoms with Crippen LogP contribution in [0.3, 0.4) is 0 Å². The zero-order valence-electron chi connectivity index (χ0n) is 15.7. The molecule has 5 heteroatoms. The van der Waals surface area contributed by atoms with Crippen LogP contribution in [0.4, 0.5) is 0 Å². The van der Waals surface area contributed by atoms with E-state index in [0.29, 0.717) is 16.8 Å². The van der Waals surface area contributed by atoms with Crippen molar-refractivity contribution in [3.63, 3.8) is 0 Å². The number of carbonyl (C=O) groups is 2. The maximum atomic E-state index is 12.7. The Morgan fingerprint density at radius 2 is 1.69 bits per heavy atom. The molecule has 26 heavy (non-hydrogen) atoms. The van der Waals surface area contributed by atoms with Crippen molar-refractivity contribution in [1.82, 2.24) is 0 Å². The number of fused-ring (bicyclic) bond motifs is 1. The molecular formula is C21H23BrO4. The van der Waals surface area contributed by atoms with E-state index < -0.39 is 11.9 Å². The number of hydrogen-bond acceptors (Lipinski definition) is 4. The van der Waals surface area contributed by atoms with Gasteiger partial charge in [0.1, 0.15) is 0 Å². The van der Waals surface area contributed by atoms with Crippen LogP contribution >= 0.6 is 15.9 Å². The average Bonchev–Trinajstić information content (AvgIpc) is 2.90. The fourth-order valence-electron chi connectivity index (χ4n) is 2.93. The molecule has 2 aliphatic carbocycles. The van der Waals surface area contributed by atoms with Gasteiger partial charge in [0.25, 0.3) is 0 Å². The monoisotopic (exact) mass is 418 g/mol. The molecule has 0 aromatic heterocycles. The summed E-state index contributed by atoms with van der Waals surface area (Å²) >= 11 is 3.52. The highest BCUT2D eigenvalue weighted by Crippen LogP contribution is 2.38. The van der Waals surface area contributed by atoms with Crippen LogP contribution in [-0.4, -0.2) is 31.5 Å². The van der Waals surface area contributed by atoms with Crippen LogP contribution in [0.15, 0.2) is 69.4 Å². The number of halogens is 1. The van der Waals surface area contributed by atoms with Crippen molar-refractivity contribution in [2.75, 3.05) is 19.5 Å². The molecule has 0 saturated carbocycles. The van der Waals surface area contributed by atoms with Gasteiger partial charge in [-0.05, 0) is 41.2 Å². The number of ether oxygens (including phenoxy) is 2. The zero-order chi connectivity index (χ0) is 19.4. The standard InChI is InChI=1S/C21H23BrO4/c1-12(2)14-7-8-15(11-22)18-17(10-14)13(3)6-9-16(20(23)25-4)19(18)21(24)26-5/h6-10,12H,11H2,1-5H3. The van der Waals surface area contributed by atoms with Gasteiger partial charge in [-0.2, -0.15) is 0 Å². The Kier molecular flexibility index (Phi) is 6.59. The van der Waals surface area contributed by atoms with E-state index >= 15 is 0 Å². The van der Waals surface area contributed by atoms with Gasteiger partial charge in [0.05, 0.1) is 25.4 Å². The van der Waals surface area contributed by atoms with Gasteiger partial charge in [-0.3, -0.25) is 0 Å². The lowest BCUT2D eigenvalue weighted by atomic mass is 9.87. The number of rotatable bonds is 4. The van der Waals surface area contributed by atoms with Crippen LogP contribution in [0.1, 0.15) is 20.8 Å². The van der Waals surface area contributed by atoms with Crippen molar-refractivity contribution in [3.8, 4) is 0 Å². The smallest absolute Gasteiger partial charge is 0.339 e. The Morgan fingerprint density at radius 3 is 2.23 bits per heavy atom. The third-order valence-electron chi connectivity index (χ3n) is 4.43. The van der Waals surface area contributed by atoms with Gasteiger partial charge in [0.15, 0.2) is 0 Å². The second-order valence-corrected chi connectivity index (χ2v) is 6.93. The number of esters is 2. The van der Waals surface area contributed by atoms with E-state index in [2.05, 4.69) is 41.9 Å². The molecule has 0 N–H and O–H groups in total. The van der Waals surface area contributed by atoms with Crippen molar-refractivity contribution in [2.45, 2.75) is 20.8 Å². The van der Waals surface area contributed by atoms with Crippen LogP contribution in [0.25, 0.3) is 0 Å². The first-order chi connectivity index (χ1) is 12.3. The van der Waals surface area contributed by atoms with Gasteiger partial charge in [-0.15, -0.1) is 0 Å². The van der Waals surface area contributed by atoms with E-state index in [0.717, 1.165) is 22.3 Å². The Morgan fingerprint density at radius 1 is 1.04 bits per heavy atom. The number of methoxy groups -OCH3 is 2. The number of hydrogen-bond donors (Lipinski definition) is 0. The zero-order valence-corrected chi connectivity index (χ0v) is 17.3. The van der Waals surface area contributed by atoms with Crippen molar-refractivity contribution in [2.24, 2.45) is 5.92 Å². The summed E-state index contributed by atoms with van der Waals surface area (Å²) in [6.45, 7) is 6.20. The van der Waals surface area contributed by atoms with E-state index in [9.17, 15) is 9.59 Å². The highest BCUT2D eigenvalue weighted by atomic mass is 79.9. The van der Waals surface area contributed by atoms with Crippen LogP contribution < -0.4 is 0 Å². The van der Waals surface area contributed by atoms with Gasteiger partial charge in [-0.1, -0.05) is 54.1 Å². The highest BCUT2D eigenvalue weighted by molar-refractivity contribution is 9.09. The lowest BCUT2D eigenvalue weighted by molar-refractivity contribution is -0.139. The van der Waals surface area contributed by atoms with E-state index in [-0.39, 0.29) is 11.1 Å². The second-order valence-electron chi connectivity index (χ2n) is 6.37. The molecule has 0 amide bonds. The molecule has 0 bridgehead atoms. The third-order valence-corrected chi connectivity index (χ3v) is 5.03. The first-order valence-corrected chi connectivity index (χ1v) is 9.47. The largest absolute Gasteiger partial charge is 0.465 e. The molecule has 0 aliphatic heterocycles. The molecule has 0 radical (unpaired) electrons. The van der Waals surface area contributed by atoms with Crippen LogP contribution in [0, 0.1) is 5.92 Å². The molecule has 2 aliphatic rings. The Labute approximate surface area is 162 Å². The predicted octanol–water partition coefficient (Wildman–Crippen LogP) is 4.36. The Hall–Kier alpha value is -2.14. The summed E-state index contributed by atoms with van der Waals surface area (Å²) in [4.78, 5) is 25.0. The second kappa shape index (κ2) is 8.49. The lowest BCUT2D eigenvalue weighted by Crippen LogP contribution is -2.18. The maximum Gasteiger partial charge on any atom is 0.339 e. The molecule has 0 aromatic rings. The minimum atomic E-state index is -0.571. The van der Waals surface area contributed by atoms with Gasteiger partial charge >= 0.3 is 11.9 Å². The van der Waals surface area contributed by atoms with Gasteiger partial charge in [0, 0.05) is 10.9 Å². The molecular weight excluding hydrogens is 396 g/mol. The number of alkyl halides is 1. The minimum absolute atomic E-state index is 0.192. The molecule has 0 heterocycles. The summed E-state index contributed by atoms with van der Waals surface area (Å²) in [5.41, 5.74) is 5.02. The molecule has 0 spiro atoms. The third kappa shape index (κ3) is 3.83. The van der Waals surface area contributed by atoms with Crippen molar-refractivity contribution >= 4 is 27.9 Å². The number of carbonyl (C=O) groups excluding carboxylic acids is 2. The minimum Gasteiger partial charge on any atom is -0.465 e. The van der Waals surface area contributed by atoms with Crippen LogP contribution in [0.2, 0.25) is 0 Å². The summed E-state index contributed by atoms with van der Waals surface area (Å²) in [5.74, 6) is -0.816. The molecule has 4 nitrogen and oxygen atoms in total. The molecule has 0 fully saturated rings. The lowest BCUT2D eigenvalue weighted by Gasteiger charge is -2.18. The topological polar surface area (TPSA) is 52.6 Å². The van der Waals surface area contributed by atoms with Crippen LogP contribution in [0.5, 0.6) is 0 Å². The van der Waals surface area contributed by atoms with Gasteiger partial charge in [-0.25, -0.2) is 9.59 Å². The summed E-state index contributed by atoms with van der Waals surface area (Å²) in [7, 11) is 2.61. The van der Waals surface area contributed by atoms with E-state index in [1.807, 2.05) is 19.1 Å². The quantitative estimate of drug-likeness (QED) is 0.502. The Bertz CT molecular complexity index is 817. The van der Waals surface area contributed by atoms with E-state index in [4.69, 9.17) is 9.47 Å². The van der Waals surface area contributed by atoms with Gasteiger partial charge < -0.3 is 9.47 Å². The summed E-state index contributed by atoms with van der Waals surface area (Å²) in [6, 6.07) is 0. The predicted molar refractivity (Wildman–Crippen MR) is 106 cm³/mol. The highest BCUT2D eigenvalue weighted by Gasteiger charge is 2.31. The van der Waals surface area contributed by atoms with Crippen molar-refractivity contribution < 1.29 is 19.1 Å². The van der Waals surface area contributed by atoms with Crippen molar-refractivity contribution in [1.29, 1.82) is 0 Å². The first kappa shape index (κ1) is 20.2. The molecule has 0 atom stereocenters. The molecule has 0 unspecified atom stereocenters.